The molecule has 0 aliphatic carbocycles. The summed E-state index contributed by atoms with van der Waals surface area (Å²) in [5, 5.41) is 0.717. The van der Waals surface area contributed by atoms with Crippen LogP contribution in [0.4, 0.5) is 0 Å². The van der Waals surface area contributed by atoms with Crippen LogP contribution in [0.3, 0.4) is 0 Å². The van der Waals surface area contributed by atoms with Gasteiger partial charge in [-0.25, -0.2) is 4.79 Å². The second kappa shape index (κ2) is 5.65. The van der Waals surface area contributed by atoms with E-state index in [0.717, 1.165) is 5.57 Å². The van der Waals surface area contributed by atoms with Gasteiger partial charge in [-0.1, -0.05) is 18.2 Å². The number of rotatable bonds is 4. The first kappa shape index (κ1) is 13.9. The highest BCUT2D eigenvalue weighted by atomic mass is 16.5. The zero-order chi connectivity index (χ0) is 14.7. The molecule has 0 fully saturated rings. The van der Waals surface area contributed by atoms with Gasteiger partial charge < -0.3 is 13.9 Å². The van der Waals surface area contributed by atoms with E-state index in [1.54, 1.807) is 26.4 Å². The first-order chi connectivity index (χ1) is 9.56. The minimum absolute atomic E-state index is 0.419. The van der Waals surface area contributed by atoms with Crippen LogP contribution in [0.15, 0.2) is 45.6 Å². The van der Waals surface area contributed by atoms with Crippen molar-refractivity contribution in [2.75, 3.05) is 14.2 Å². The summed E-state index contributed by atoms with van der Waals surface area (Å²) in [4.78, 5) is 11.5. The third kappa shape index (κ3) is 2.59. The molecule has 0 saturated heterocycles. The molecule has 0 N–H and O–H groups in total. The molecule has 104 valence electrons. The van der Waals surface area contributed by atoms with E-state index in [4.69, 9.17) is 13.9 Å². The summed E-state index contributed by atoms with van der Waals surface area (Å²) in [5.41, 5.74) is 1.59. The lowest BCUT2D eigenvalue weighted by molar-refractivity contribution is 0.395. The van der Waals surface area contributed by atoms with Gasteiger partial charge in [0.2, 0.25) is 0 Å². The van der Waals surface area contributed by atoms with Crippen molar-refractivity contribution in [3.05, 3.63) is 52.4 Å². The molecule has 2 aromatic rings. The summed E-state index contributed by atoms with van der Waals surface area (Å²) in [6.07, 6.45) is 3.64. The van der Waals surface area contributed by atoms with Crippen molar-refractivity contribution in [1.82, 2.24) is 0 Å². The third-order valence-corrected chi connectivity index (χ3v) is 2.85. The van der Waals surface area contributed by atoms with Gasteiger partial charge in [0, 0.05) is 12.1 Å². The first-order valence-corrected chi connectivity index (χ1v) is 6.09. The van der Waals surface area contributed by atoms with Crippen molar-refractivity contribution in [1.29, 1.82) is 0 Å². The van der Waals surface area contributed by atoms with Crippen LogP contribution in [0.2, 0.25) is 0 Å². The quantitative estimate of drug-likeness (QED) is 0.632. The number of ether oxygens (including phenoxy) is 2. The lowest BCUT2D eigenvalue weighted by atomic mass is 10.1. The number of benzene rings is 1. The number of methoxy groups -OCH3 is 2. The van der Waals surface area contributed by atoms with E-state index in [0.29, 0.717) is 28.0 Å². The van der Waals surface area contributed by atoms with Crippen LogP contribution in [0.1, 0.15) is 12.5 Å². The molecule has 0 atom stereocenters. The minimum Gasteiger partial charge on any atom is -0.496 e. The lowest BCUT2D eigenvalue weighted by Gasteiger charge is -2.11. The molecule has 0 aliphatic heterocycles. The Bertz CT molecular complexity index is 738. The largest absolute Gasteiger partial charge is 0.496 e. The van der Waals surface area contributed by atoms with E-state index in [2.05, 4.69) is 6.58 Å². The van der Waals surface area contributed by atoms with Crippen LogP contribution in [0.5, 0.6) is 11.5 Å². The van der Waals surface area contributed by atoms with Gasteiger partial charge in [0.05, 0.1) is 25.2 Å². The summed E-state index contributed by atoms with van der Waals surface area (Å²) >= 11 is 0. The van der Waals surface area contributed by atoms with Crippen molar-refractivity contribution < 1.29 is 13.9 Å². The number of fused-ring (bicyclic) bond motifs is 1. The maximum Gasteiger partial charge on any atom is 0.336 e. The van der Waals surface area contributed by atoms with Crippen LogP contribution in [0, 0.1) is 0 Å². The Morgan fingerprint density at radius 1 is 1.25 bits per heavy atom. The molecular formula is C16H16O4. The molecule has 20 heavy (non-hydrogen) atoms. The van der Waals surface area contributed by atoms with E-state index >= 15 is 0 Å². The second-order valence-corrected chi connectivity index (χ2v) is 4.37. The molecule has 1 aromatic carbocycles. The van der Waals surface area contributed by atoms with Crippen LogP contribution in [0.25, 0.3) is 17.0 Å². The highest BCUT2D eigenvalue weighted by Crippen LogP contribution is 2.36. The van der Waals surface area contributed by atoms with E-state index in [-0.39, 0.29) is 0 Å². The second-order valence-electron chi connectivity index (χ2n) is 4.37. The number of allylic oxidation sites excluding steroid dienone is 2. The van der Waals surface area contributed by atoms with Crippen LogP contribution >= 0.6 is 0 Å². The SMILES string of the molecule is C=C(C)C=Cc1c(OC)cc(OC)c2ccc(=O)oc12. The van der Waals surface area contributed by atoms with Crippen LogP contribution in [-0.2, 0) is 0 Å². The highest BCUT2D eigenvalue weighted by Gasteiger charge is 2.14. The average molecular weight is 272 g/mol. The van der Waals surface area contributed by atoms with Crippen molar-refractivity contribution in [3.8, 4) is 11.5 Å². The topological polar surface area (TPSA) is 48.7 Å². The Kier molecular flexibility index (Phi) is 3.94. The Hall–Kier alpha value is -2.49. The molecule has 0 unspecified atom stereocenters. The van der Waals surface area contributed by atoms with E-state index < -0.39 is 5.63 Å². The lowest BCUT2D eigenvalue weighted by Crippen LogP contribution is -1.99. The van der Waals surface area contributed by atoms with Gasteiger partial charge in [-0.15, -0.1) is 0 Å². The summed E-state index contributed by atoms with van der Waals surface area (Å²) in [6.45, 7) is 5.69. The fraction of sp³-hybridized carbons (Fsp3) is 0.188. The highest BCUT2D eigenvalue weighted by molar-refractivity contribution is 5.93. The molecule has 0 radical (unpaired) electrons. The van der Waals surface area contributed by atoms with Gasteiger partial charge >= 0.3 is 5.63 Å². The molecule has 0 amide bonds. The van der Waals surface area contributed by atoms with Crippen LogP contribution in [-0.4, -0.2) is 14.2 Å². The Balaban J connectivity index is 2.85. The molecular weight excluding hydrogens is 256 g/mol. The van der Waals surface area contributed by atoms with Crippen molar-refractivity contribution >= 4 is 17.0 Å². The predicted molar refractivity (Wildman–Crippen MR) is 79.4 cm³/mol. The first-order valence-electron chi connectivity index (χ1n) is 6.09. The molecule has 0 spiro atoms. The van der Waals surface area contributed by atoms with Gasteiger partial charge in [-0.3, -0.25) is 0 Å². The Morgan fingerprint density at radius 3 is 2.55 bits per heavy atom. The molecule has 1 aromatic heterocycles. The normalized spacial score (nSPS) is 10.9. The van der Waals surface area contributed by atoms with E-state index in [1.165, 1.54) is 6.07 Å². The maximum atomic E-state index is 11.5. The van der Waals surface area contributed by atoms with Gasteiger partial charge in [-0.2, -0.15) is 0 Å². The number of hydrogen-bond acceptors (Lipinski definition) is 4. The Labute approximate surface area is 116 Å². The molecule has 4 heteroatoms. The van der Waals surface area contributed by atoms with Crippen molar-refractivity contribution in [2.24, 2.45) is 0 Å². The molecule has 0 aliphatic rings. The molecule has 4 nitrogen and oxygen atoms in total. The standard InChI is InChI=1S/C16H16O4/c1-10(2)5-6-11-13(18-3)9-14(19-4)12-7-8-15(17)20-16(11)12/h5-9H,1H2,2-4H3. The zero-order valence-electron chi connectivity index (χ0n) is 11.7. The smallest absolute Gasteiger partial charge is 0.336 e. The third-order valence-electron chi connectivity index (χ3n) is 2.85. The average Bonchev–Trinajstić information content (AvgIpc) is 2.43. The van der Waals surface area contributed by atoms with Gasteiger partial charge in [-0.05, 0) is 19.1 Å². The monoisotopic (exact) mass is 272 g/mol. The minimum atomic E-state index is -0.419. The van der Waals surface area contributed by atoms with Gasteiger partial charge in [0.15, 0.2) is 5.58 Å². The van der Waals surface area contributed by atoms with E-state index in [1.807, 2.05) is 19.1 Å². The van der Waals surface area contributed by atoms with Crippen LogP contribution < -0.4 is 15.1 Å². The zero-order valence-corrected chi connectivity index (χ0v) is 11.7. The fourth-order valence-corrected chi connectivity index (χ4v) is 1.92. The van der Waals surface area contributed by atoms with Gasteiger partial charge in [0.1, 0.15) is 11.5 Å². The summed E-state index contributed by atoms with van der Waals surface area (Å²) in [5.74, 6) is 1.16. The molecule has 0 bridgehead atoms. The summed E-state index contributed by atoms with van der Waals surface area (Å²) in [7, 11) is 3.11. The Morgan fingerprint density at radius 2 is 1.95 bits per heavy atom. The summed E-state index contributed by atoms with van der Waals surface area (Å²) in [6, 6.07) is 4.81. The maximum absolute atomic E-state index is 11.5. The molecule has 2 rings (SSSR count). The molecule has 1 heterocycles. The van der Waals surface area contributed by atoms with Crippen molar-refractivity contribution in [3.63, 3.8) is 0 Å². The van der Waals surface area contributed by atoms with Gasteiger partial charge in [0.25, 0.3) is 0 Å². The van der Waals surface area contributed by atoms with E-state index in [9.17, 15) is 4.79 Å². The summed E-state index contributed by atoms with van der Waals surface area (Å²) < 4.78 is 16.0. The predicted octanol–water partition coefficient (Wildman–Crippen LogP) is 3.40. The fourth-order valence-electron chi connectivity index (χ4n) is 1.92. The van der Waals surface area contributed by atoms with Crippen molar-refractivity contribution in [2.45, 2.75) is 6.92 Å². The number of hydrogen-bond donors (Lipinski definition) is 0. The molecule has 0 saturated carbocycles.